The van der Waals surface area contributed by atoms with E-state index in [0.717, 1.165) is 17.7 Å². The van der Waals surface area contributed by atoms with Crippen LogP contribution in [0.2, 0.25) is 0 Å². The molecule has 1 saturated heterocycles. The Morgan fingerprint density at radius 3 is 2.52 bits per heavy atom. The van der Waals surface area contributed by atoms with Crippen molar-refractivity contribution in [3.8, 4) is 0 Å². The van der Waals surface area contributed by atoms with E-state index in [4.69, 9.17) is 0 Å². The molecule has 1 N–H and O–H groups in total. The summed E-state index contributed by atoms with van der Waals surface area (Å²) < 4.78 is 13.8. The Kier molecular flexibility index (Phi) is 5.98. The Bertz CT molecular complexity index is 1100. The van der Waals surface area contributed by atoms with Gasteiger partial charge in [-0.05, 0) is 55.3 Å². The van der Waals surface area contributed by atoms with Crippen LogP contribution in [0.3, 0.4) is 0 Å². The molecule has 0 bridgehead atoms. The molecule has 0 aliphatic carbocycles. The van der Waals surface area contributed by atoms with Crippen molar-refractivity contribution in [1.82, 2.24) is 4.90 Å². The minimum atomic E-state index is -0.486. The number of benzene rings is 3. The standard InChI is InChI=1S/C25H24FN3O2/c1-18-6-4-7-19(16-18)17-28-14-5-15-29(25(28)31)21-12-10-20(11-13-21)24(30)27-23-9-3-2-8-22(23)26/h2-4,6-13,16H,5,14-15,17H2,1H3,(H,27,30). The van der Waals surface area contributed by atoms with E-state index in [1.165, 1.54) is 17.7 Å². The van der Waals surface area contributed by atoms with Gasteiger partial charge in [-0.15, -0.1) is 0 Å². The Balaban J connectivity index is 1.44. The molecule has 1 aliphatic rings. The third kappa shape index (κ3) is 4.74. The summed E-state index contributed by atoms with van der Waals surface area (Å²) in [5, 5.41) is 2.57. The van der Waals surface area contributed by atoms with E-state index in [1.807, 2.05) is 30.0 Å². The molecule has 0 radical (unpaired) electrons. The molecular formula is C25H24FN3O2. The SMILES string of the molecule is Cc1cccc(CN2CCCN(c3ccc(C(=O)Nc4ccccc4F)cc3)C2=O)c1. The van der Waals surface area contributed by atoms with Gasteiger partial charge >= 0.3 is 6.03 Å². The van der Waals surface area contributed by atoms with Crippen LogP contribution in [-0.2, 0) is 6.54 Å². The number of carbonyl (C=O) groups is 2. The molecular weight excluding hydrogens is 393 g/mol. The van der Waals surface area contributed by atoms with Crippen LogP contribution in [0.25, 0.3) is 0 Å². The fraction of sp³-hybridized carbons (Fsp3) is 0.200. The lowest BCUT2D eigenvalue weighted by atomic mass is 10.1. The molecule has 5 nitrogen and oxygen atoms in total. The smallest absolute Gasteiger partial charge is 0.320 e. The van der Waals surface area contributed by atoms with Crippen molar-refractivity contribution < 1.29 is 14.0 Å². The number of para-hydroxylation sites is 1. The van der Waals surface area contributed by atoms with Crippen molar-refractivity contribution in [3.05, 3.63) is 95.3 Å². The highest BCUT2D eigenvalue weighted by atomic mass is 19.1. The average Bonchev–Trinajstić information content (AvgIpc) is 2.77. The molecule has 3 amide bonds. The number of carbonyl (C=O) groups excluding carboxylic acids is 2. The van der Waals surface area contributed by atoms with Crippen LogP contribution in [0.1, 0.15) is 27.9 Å². The molecule has 0 atom stereocenters. The highest BCUT2D eigenvalue weighted by Crippen LogP contribution is 2.23. The van der Waals surface area contributed by atoms with Gasteiger partial charge < -0.3 is 10.2 Å². The Hall–Kier alpha value is -3.67. The Labute approximate surface area is 181 Å². The highest BCUT2D eigenvalue weighted by molar-refractivity contribution is 6.04. The van der Waals surface area contributed by atoms with Crippen molar-refractivity contribution in [2.75, 3.05) is 23.3 Å². The van der Waals surface area contributed by atoms with Crippen LogP contribution in [0.4, 0.5) is 20.6 Å². The van der Waals surface area contributed by atoms with E-state index in [0.29, 0.717) is 25.2 Å². The van der Waals surface area contributed by atoms with Gasteiger partial charge in [0.15, 0.2) is 0 Å². The quantitative estimate of drug-likeness (QED) is 0.619. The maximum Gasteiger partial charge on any atom is 0.324 e. The minimum Gasteiger partial charge on any atom is -0.320 e. The zero-order chi connectivity index (χ0) is 21.8. The van der Waals surface area contributed by atoms with Crippen molar-refractivity contribution in [3.63, 3.8) is 0 Å². The van der Waals surface area contributed by atoms with Gasteiger partial charge in [-0.1, -0.05) is 42.0 Å². The monoisotopic (exact) mass is 417 g/mol. The summed E-state index contributed by atoms with van der Waals surface area (Å²) in [4.78, 5) is 29.1. The van der Waals surface area contributed by atoms with Gasteiger partial charge in [0.25, 0.3) is 5.91 Å². The first-order valence-electron chi connectivity index (χ1n) is 10.3. The summed E-state index contributed by atoms with van der Waals surface area (Å²) in [5.41, 5.74) is 3.54. The summed E-state index contributed by atoms with van der Waals surface area (Å²) in [7, 11) is 0. The fourth-order valence-electron chi connectivity index (χ4n) is 3.75. The van der Waals surface area contributed by atoms with Crippen molar-refractivity contribution in [1.29, 1.82) is 0 Å². The molecule has 31 heavy (non-hydrogen) atoms. The summed E-state index contributed by atoms with van der Waals surface area (Å²) in [6, 6.07) is 21.0. The van der Waals surface area contributed by atoms with E-state index < -0.39 is 11.7 Å². The summed E-state index contributed by atoms with van der Waals surface area (Å²) in [5.74, 6) is -0.886. The third-order valence-corrected chi connectivity index (χ3v) is 5.33. The second-order valence-corrected chi connectivity index (χ2v) is 7.68. The zero-order valence-corrected chi connectivity index (χ0v) is 17.3. The van der Waals surface area contributed by atoms with Gasteiger partial charge in [-0.3, -0.25) is 9.69 Å². The maximum atomic E-state index is 13.8. The second kappa shape index (κ2) is 9.00. The number of anilines is 2. The zero-order valence-electron chi connectivity index (χ0n) is 17.3. The van der Waals surface area contributed by atoms with Gasteiger partial charge in [0.1, 0.15) is 5.82 Å². The number of hydrogen-bond donors (Lipinski definition) is 1. The highest BCUT2D eigenvalue weighted by Gasteiger charge is 2.27. The molecule has 0 aromatic heterocycles. The van der Waals surface area contributed by atoms with Gasteiger partial charge in [0.2, 0.25) is 0 Å². The van der Waals surface area contributed by atoms with Gasteiger partial charge in [0.05, 0.1) is 5.69 Å². The maximum absolute atomic E-state index is 13.8. The van der Waals surface area contributed by atoms with E-state index in [-0.39, 0.29) is 11.7 Å². The van der Waals surface area contributed by atoms with Crippen LogP contribution in [0.15, 0.2) is 72.8 Å². The molecule has 1 aliphatic heterocycles. The Morgan fingerprint density at radius 2 is 1.77 bits per heavy atom. The number of amides is 3. The number of hydrogen-bond acceptors (Lipinski definition) is 2. The first kappa shape index (κ1) is 20.6. The lowest BCUT2D eigenvalue weighted by Gasteiger charge is -2.35. The van der Waals surface area contributed by atoms with Crippen LogP contribution < -0.4 is 10.2 Å². The number of nitrogens with zero attached hydrogens (tertiary/aromatic N) is 2. The average molecular weight is 417 g/mol. The number of rotatable bonds is 5. The topological polar surface area (TPSA) is 52.6 Å². The predicted octanol–water partition coefficient (Wildman–Crippen LogP) is 5.22. The number of nitrogens with one attached hydrogen (secondary N) is 1. The van der Waals surface area contributed by atoms with Crippen molar-refractivity contribution >= 4 is 23.3 Å². The van der Waals surface area contributed by atoms with E-state index in [2.05, 4.69) is 11.4 Å². The van der Waals surface area contributed by atoms with Crippen molar-refractivity contribution in [2.45, 2.75) is 19.9 Å². The first-order chi connectivity index (χ1) is 15.0. The van der Waals surface area contributed by atoms with E-state index >= 15 is 0 Å². The summed E-state index contributed by atoms with van der Waals surface area (Å²) >= 11 is 0. The first-order valence-corrected chi connectivity index (χ1v) is 10.3. The van der Waals surface area contributed by atoms with Crippen LogP contribution in [-0.4, -0.2) is 29.9 Å². The molecule has 6 heteroatoms. The van der Waals surface area contributed by atoms with Crippen LogP contribution in [0, 0.1) is 12.7 Å². The number of halogens is 1. The molecule has 158 valence electrons. The predicted molar refractivity (Wildman–Crippen MR) is 120 cm³/mol. The van der Waals surface area contributed by atoms with E-state index in [1.54, 1.807) is 41.3 Å². The summed E-state index contributed by atoms with van der Waals surface area (Å²) in [6.07, 6.45) is 0.868. The number of aryl methyl sites for hydroxylation is 1. The lowest BCUT2D eigenvalue weighted by Crippen LogP contribution is -2.49. The fourth-order valence-corrected chi connectivity index (χ4v) is 3.75. The molecule has 0 unspecified atom stereocenters. The molecule has 1 fully saturated rings. The van der Waals surface area contributed by atoms with Crippen LogP contribution >= 0.6 is 0 Å². The molecule has 0 saturated carbocycles. The van der Waals surface area contributed by atoms with Crippen LogP contribution in [0.5, 0.6) is 0 Å². The lowest BCUT2D eigenvalue weighted by molar-refractivity contribution is 0.102. The molecule has 4 rings (SSSR count). The normalized spacial score (nSPS) is 13.9. The van der Waals surface area contributed by atoms with Gasteiger partial charge in [-0.2, -0.15) is 0 Å². The molecule has 3 aromatic carbocycles. The Morgan fingerprint density at radius 1 is 1.00 bits per heavy atom. The molecule has 0 spiro atoms. The minimum absolute atomic E-state index is 0.0451. The molecule has 3 aromatic rings. The molecule has 1 heterocycles. The van der Waals surface area contributed by atoms with Gasteiger partial charge in [0, 0.05) is 30.9 Å². The second-order valence-electron chi connectivity index (χ2n) is 7.68. The third-order valence-electron chi connectivity index (χ3n) is 5.33. The summed E-state index contributed by atoms with van der Waals surface area (Å²) in [6.45, 7) is 3.95. The largest absolute Gasteiger partial charge is 0.324 e. The van der Waals surface area contributed by atoms with E-state index in [9.17, 15) is 14.0 Å². The van der Waals surface area contributed by atoms with Crippen molar-refractivity contribution in [2.24, 2.45) is 0 Å². The van der Waals surface area contributed by atoms with Gasteiger partial charge in [-0.25, -0.2) is 9.18 Å². The number of urea groups is 1.